The van der Waals surface area contributed by atoms with Crippen molar-refractivity contribution in [2.75, 3.05) is 17.2 Å². The molecule has 0 aliphatic heterocycles. The van der Waals surface area contributed by atoms with Crippen molar-refractivity contribution in [3.05, 3.63) is 81.7 Å². The average Bonchev–Trinajstić information content (AvgIpc) is 3.39. The normalized spacial score (nSPS) is 12.0. The van der Waals surface area contributed by atoms with Gasteiger partial charge >= 0.3 is 5.97 Å². The quantitative estimate of drug-likeness (QED) is 0.463. The molecule has 0 bridgehead atoms. The minimum atomic E-state index is -0.766. The van der Waals surface area contributed by atoms with Crippen molar-refractivity contribution in [2.45, 2.75) is 19.3 Å². The number of hydrogen-bond donors (Lipinski definition) is 3. The lowest BCUT2D eigenvalue weighted by Crippen LogP contribution is -2.23. The molecule has 2 aromatic carbocycles. The topological polar surface area (TPSA) is 128 Å². The van der Waals surface area contributed by atoms with Crippen LogP contribution in [-0.4, -0.2) is 30.3 Å². The second-order valence-corrected chi connectivity index (χ2v) is 8.52. The highest BCUT2D eigenvalue weighted by atomic mass is 32.1. The molecule has 0 saturated heterocycles. The Kier molecular flexibility index (Phi) is 6.50. The van der Waals surface area contributed by atoms with Crippen molar-refractivity contribution < 1.29 is 23.9 Å². The van der Waals surface area contributed by atoms with E-state index in [1.807, 2.05) is 0 Å². The van der Waals surface area contributed by atoms with E-state index in [4.69, 9.17) is 10.5 Å². The number of carbonyl (C=O) groups excluding carboxylic acids is 4. The summed E-state index contributed by atoms with van der Waals surface area (Å²) in [5.74, 6) is -2.32. The predicted molar refractivity (Wildman–Crippen MR) is 125 cm³/mol. The molecule has 3 amide bonds. The van der Waals surface area contributed by atoms with Crippen LogP contribution in [-0.2, 0) is 22.4 Å². The van der Waals surface area contributed by atoms with Crippen molar-refractivity contribution >= 4 is 45.7 Å². The molecule has 8 nitrogen and oxygen atoms in total. The first-order chi connectivity index (χ1) is 15.9. The van der Waals surface area contributed by atoms with Gasteiger partial charge in [-0.15, -0.1) is 11.3 Å². The van der Waals surface area contributed by atoms with Crippen LogP contribution in [0.4, 0.5) is 10.7 Å². The average molecular weight is 464 g/mol. The zero-order chi connectivity index (χ0) is 23.4. The SMILES string of the molecule is NC(=O)c1c(NC(=O)COC(=O)c2ccccc2NC(=O)c2ccccc2)sc2c1CCC2. The fourth-order valence-electron chi connectivity index (χ4n) is 3.68. The van der Waals surface area contributed by atoms with Crippen LogP contribution in [0.5, 0.6) is 0 Å². The second kappa shape index (κ2) is 9.66. The van der Waals surface area contributed by atoms with Crippen molar-refractivity contribution in [3.8, 4) is 0 Å². The number of benzene rings is 2. The smallest absolute Gasteiger partial charge is 0.340 e. The summed E-state index contributed by atoms with van der Waals surface area (Å²) in [6.45, 7) is -0.555. The molecular formula is C24H21N3O5S. The zero-order valence-electron chi connectivity index (χ0n) is 17.6. The van der Waals surface area contributed by atoms with Gasteiger partial charge in [-0.3, -0.25) is 14.4 Å². The number of nitrogens with two attached hydrogens (primary N) is 1. The molecule has 0 fully saturated rings. The van der Waals surface area contributed by atoms with Crippen LogP contribution in [0.15, 0.2) is 54.6 Å². The van der Waals surface area contributed by atoms with Crippen molar-refractivity contribution in [2.24, 2.45) is 5.73 Å². The number of para-hydroxylation sites is 1. The fourth-order valence-corrected chi connectivity index (χ4v) is 4.99. The lowest BCUT2D eigenvalue weighted by molar-refractivity contribution is -0.119. The van der Waals surface area contributed by atoms with Gasteiger partial charge in [0.1, 0.15) is 5.00 Å². The van der Waals surface area contributed by atoms with Gasteiger partial charge in [-0.25, -0.2) is 4.79 Å². The number of hydrogen-bond acceptors (Lipinski definition) is 6. The second-order valence-electron chi connectivity index (χ2n) is 7.42. The van der Waals surface area contributed by atoms with Gasteiger partial charge in [-0.1, -0.05) is 30.3 Å². The minimum Gasteiger partial charge on any atom is -0.452 e. The maximum Gasteiger partial charge on any atom is 0.340 e. The number of fused-ring (bicyclic) bond motifs is 1. The van der Waals surface area contributed by atoms with Gasteiger partial charge in [0.2, 0.25) is 0 Å². The van der Waals surface area contributed by atoms with E-state index in [9.17, 15) is 19.2 Å². The summed E-state index contributed by atoms with van der Waals surface area (Å²) < 4.78 is 5.15. The predicted octanol–water partition coefficient (Wildman–Crippen LogP) is 3.38. The molecule has 0 atom stereocenters. The molecule has 9 heteroatoms. The van der Waals surface area contributed by atoms with E-state index < -0.39 is 24.4 Å². The highest BCUT2D eigenvalue weighted by molar-refractivity contribution is 7.17. The standard InChI is InChI=1S/C24H21N3O5S/c25-21(29)20-16-10-6-12-18(16)33-23(20)27-19(28)13-32-24(31)15-9-4-5-11-17(15)26-22(30)14-7-2-1-3-8-14/h1-5,7-9,11H,6,10,12-13H2,(H2,25,29)(H,26,30)(H,27,28). The van der Waals surface area contributed by atoms with E-state index >= 15 is 0 Å². The van der Waals surface area contributed by atoms with Gasteiger partial charge in [0.05, 0.1) is 16.8 Å². The summed E-state index contributed by atoms with van der Waals surface area (Å²) in [7, 11) is 0. The fraction of sp³-hybridized carbons (Fsp3) is 0.167. The molecule has 0 spiro atoms. The summed E-state index contributed by atoms with van der Waals surface area (Å²) in [6, 6.07) is 14.9. The van der Waals surface area contributed by atoms with E-state index in [1.165, 1.54) is 17.4 Å². The van der Waals surface area contributed by atoms with Gasteiger partial charge in [-0.2, -0.15) is 0 Å². The molecule has 0 unspecified atom stereocenters. The number of ether oxygens (including phenoxy) is 1. The molecule has 3 aromatic rings. The molecule has 1 heterocycles. The third-order valence-corrected chi connectivity index (χ3v) is 6.39. The van der Waals surface area contributed by atoms with Gasteiger partial charge in [0.25, 0.3) is 17.7 Å². The highest BCUT2D eigenvalue weighted by Crippen LogP contribution is 2.38. The molecule has 4 N–H and O–H groups in total. The van der Waals surface area contributed by atoms with Crippen LogP contribution in [0.3, 0.4) is 0 Å². The Morgan fingerprint density at radius 2 is 1.67 bits per heavy atom. The Morgan fingerprint density at radius 1 is 0.939 bits per heavy atom. The van der Waals surface area contributed by atoms with Crippen LogP contribution < -0.4 is 16.4 Å². The van der Waals surface area contributed by atoms with Crippen LogP contribution in [0.1, 0.15) is 47.9 Å². The molecule has 1 aliphatic carbocycles. The Balaban J connectivity index is 1.40. The molecule has 168 valence electrons. The maximum atomic E-state index is 12.6. The first kappa shape index (κ1) is 22.2. The van der Waals surface area contributed by atoms with Crippen molar-refractivity contribution in [3.63, 3.8) is 0 Å². The van der Waals surface area contributed by atoms with E-state index in [-0.39, 0.29) is 17.2 Å². The van der Waals surface area contributed by atoms with Crippen LogP contribution >= 0.6 is 11.3 Å². The van der Waals surface area contributed by atoms with Crippen molar-refractivity contribution in [1.29, 1.82) is 0 Å². The van der Waals surface area contributed by atoms with Crippen LogP contribution in [0, 0.1) is 0 Å². The van der Waals surface area contributed by atoms with Crippen LogP contribution in [0.2, 0.25) is 0 Å². The van der Waals surface area contributed by atoms with Gasteiger partial charge in [0.15, 0.2) is 6.61 Å². The summed E-state index contributed by atoms with van der Waals surface area (Å²) >= 11 is 1.32. The number of primary amides is 1. The summed E-state index contributed by atoms with van der Waals surface area (Å²) in [5, 5.41) is 5.69. The lowest BCUT2D eigenvalue weighted by atomic mass is 10.1. The zero-order valence-corrected chi connectivity index (χ0v) is 18.4. The molecule has 1 aliphatic rings. The molecule has 4 rings (SSSR count). The van der Waals surface area contributed by atoms with E-state index in [2.05, 4.69) is 10.6 Å². The third kappa shape index (κ3) is 4.93. The van der Waals surface area contributed by atoms with E-state index in [0.717, 1.165) is 29.7 Å². The van der Waals surface area contributed by atoms with Crippen LogP contribution in [0.25, 0.3) is 0 Å². The maximum absolute atomic E-state index is 12.6. The van der Waals surface area contributed by atoms with Gasteiger partial charge < -0.3 is 21.1 Å². The molecule has 1 aromatic heterocycles. The number of amides is 3. The Morgan fingerprint density at radius 3 is 2.42 bits per heavy atom. The van der Waals surface area contributed by atoms with Crippen molar-refractivity contribution in [1.82, 2.24) is 0 Å². The largest absolute Gasteiger partial charge is 0.452 e. The summed E-state index contributed by atoms with van der Waals surface area (Å²) in [6.07, 6.45) is 2.55. The number of rotatable bonds is 7. The summed E-state index contributed by atoms with van der Waals surface area (Å²) in [4.78, 5) is 50.3. The number of thiophene rings is 1. The number of carbonyl (C=O) groups is 4. The molecule has 0 radical (unpaired) electrons. The molecule has 0 saturated carbocycles. The molecule has 33 heavy (non-hydrogen) atoms. The monoisotopic (exact) mass is 463 g/mol. The van der Waals surface area contributed by atoms with E-state index in [1.54, 1.807) is 48.5 Å². The summed E-state index contributed by atoms with van der Waals surface area (Å²) in [5.41, 5.74) is 7.54. The number of aryl methyl sites for hydroxylation is 1. The highest BCUT2D eigenvalue weighted by Gasteiger charge is 2.26. The Labute approximate surface area is 193 Å². The van der Waals surface area contributed by atoms with Gasteiger partial charge in [0, 0.05) is 10.4 Å². The minimum absolute atomic E-state index is 0.113. The van der Waals surface area contributed by atoms with E-state index in [0.29, 0.717) is 16.1 Å². The first-order valence-electron chi connectivity index (χ1n) is 10.3. The first-order valence-corrected chi connectivity index (χ1v) is 11.1. The number of esters is 1. The Bertz CT molecular complexity index is 1240. The third-order valence-electron chi connectivity index (χ3n) is 5.19. The molecular weight excluding hydrogens is 442 g/mol. The Hall–Kier alpha value is -3.98. The lowest BCUT2D eigenvalue weighted by Gasteiger charge is -2.11. The number of nitrogens with one attached hydrogen (secondary N) is 2. The van der Waals surface area contributed by atoms with Gasteiger partial charge in [-0.05, 0) is 49.1 Å². The number of anilines is 2.